The number of urea groups is 1. The minimum absolute atomic E-state index is 0.105. The quantitative estimate of drug-likeness (QED) is 0.856. The standard InChI is InChI=1S/C16H23N3O3/c1-16(2,13-4-6-14(22-3)7-5-13)17-15(21)19-10-8-18(12-20)9-11-19/h4-7,12H,8-11H2,1-3H3,(H,17,21). The van der Waals surface area contributed by atoms with Crippen molar-refractivity contribution >= 4 is 12.4 Å². The highest BCUT2D eigenvalue weighted by Crippen LogP contribution is 2.23. The second-order valence-corrected chi connectivity index (χ2v) is 5.91. The Kier molecular flexibility index (Phi) is 4.90. The van der Waals surface area contributed by atoms with Gasteiger partial charge in [-0.05, 0) is 31.5 Å². The number of nitrogens with one attached hydrogen (secondary N) is 1. The molecule has 1 fully saturated rings. The van der Waals surface area contributed by atoms with Crippen LogP contribution >= 0.6 is 0 Å². The van der Waals surface area contributed by atoms with Crippen molar-refractivity contribution in [1.82, 2.24) is 15.1 Å². The van der Waals surface area contributed by atoms with Gasteiger partial charge in [0.05, 0.1) is 12.6 Å². The summed E-state index contributed by atoms with van der Waals surface area (Å²) in [5.74, 6) is 0.788. The minimum Gasteiger partial charge on any atom is -0.497 e. The Hall–Kier alpha value is -2.24. The van der Waals surface area contributed by atoms with E-state index in [9.17, 15) is 9.59 Å². The van der Waals surface area contributed by atoms with Crippen molar-refractivity contribution < 1.29 is 14.3 Å². The average Bonchev–Trinajstić information content (AvgIpc) is 2.54. The van der Waals surface area contributed by atoms with Crippen LogP contribution in [0.5, 0.6) is 5.75 Å². The van der Waals surface area contributed by atoms with Crippen molar-refractivity contribution in [3.8, 4) is 5.75 Å². The van der Waals surface area contributed by atoms with Crippen molar-refractivity contribution in [1.29, 1.82) is 0 Å². The van der Waals surface area contributed by atoms with E-state index in [4.69, 9.17) is 4.74 Å². The highest BCUT2D eigenvalue weighted by molar-refractivity contribution is 5.75. The predicted molar refractivity (Wildman–Crippen MR) is 83.8 cm³/mol. The smallest absolute Gasteiger partial charge is 0.318 e. The van der Waals surface area contributed by atoms with Gasteiger partial charge in [0.25, 0.3) is 0 Å². The van der Waals surface area contributed by atoms with Gasteiger partial charge in [-0.3, -0.25) is 4.79 Å². The third-order valence-electron chi connectivity index (χ3n) is 3.98. The molecule has 22 heavy (non-hydrogen) atoms. The van der Waals surface area contributed by atoms with Crippen molar-refractivity contribution in [2.24, 2.45) is 0 Å². The largest absolute Gasteiger partial charge is 0.497 e. The summed E-state index contributed by atoms with van der Waals surface area (Å²) in [5, 5.41) is 3.05. The molecule has 1 aromatic carbocycles. The zero-order valence-corrected chi connectivity index (χ0v) is 13.3. The first kappa shape index (κ1) is 16.1. The van der Waals surface area contributed by atoms with E-state index in [1.165, 1.54) is 0 Å². The second-order valence-electron chi connectivity index (χ2n) is 5.91. The fourth-order valence-corrected chi connectivity index (χ4v) is 2.46. The van der Waals surface area contributed by atoms with Gasteiger partial charge in [-0.25, -0.2) is 4.79 Å². The Bertz CT molecular complexity index is 520. The number of nitrogens with zero attached hydrogens (tertiary/aromatic N) is 2. The van der Waals surface area contributed by atoms with Crippen LogP contribution in [0.2, 0.25) is 0 Å². The van der Waals surface area contributed by atoms with Crippen molar-refractivity contribution in [3.05, 3.63) is 29.8 Å². The molecular weight excluding hydrogens is 282 g/mol. The summed E-state index contributed by atoms with van der Waals surface area (Å²) in [4.78, 5) is 26.5. The van der Waals surface area contributed by atoms with Gasteiger partial charge in [-0.2, -0.15) is 0 Å². The molecule has 0 aliphatic carbocycles. The maximum Gasteiger partial charge on any atom is 0.318 e. The van der Waals surface area contributed by atoms with Gasteiger partial charge in [0.2, 0.25) is 6.41 Å². The summed E-state index contributed by atoms with van der Waals surface area (Å²) in [5.41, 5.74) is 0.527. The molecule has 3 amide bonds. The van der Waals surface area contributed by atoms with Crippen molar-refractivity contribution in [2.75, 3.05) is 33.3 Å². The number of ether oxygens (including phenoxy) is 1. The Labute approximate surface area is 131 Å². The van der Waals surface area contributed by atoms with Gasteiger partial charge in [0, 0.05) is 26.2 Å². The number of hydrogen-bond donors (Lipinski definition) is 1. The van der Waals surface area contributed by atoms with Gasteiger partial charge in [0.1, 0.15) is 5.75 Å². The minimum atomic E-state index is -0.481. The number of carbonyl (C=O) groups excluding carboxylic acids is 2. The molecule has 1 aliphatic heterocycles. The maximum atomic E-state index is 12.4. The predicted octanol–water partition coefficient (Wildman–Crippen LogP) is 1.41. The molecule has 0 saturated carbocycles. The molecule has 0 spiro atoms. The molecule has 0 aromatic heterocycles. The first-order valence-corrected chi connectivity index (χ1v) is 7.37. The summed E-state index contributed by atoms with van der Waals surface area (Å²) in [7, 11) is 1.63. The average molecular weight is 305 g/mol. The number of amides is 3. The Morgan fingerprint density at radius 1 is 1.18 bits per heavy atom. The van der Waals surface area contributed by atoms with E-state index < -0.39 is 5.54 Å². The lowest BCUT2D eigenvalue weighted by atomic mass is 9.94. The first-order valence-electron chi connectivity index (χ1n) is 7.37. The van der Waals surface area contributed by atoms with E-state index in [-0.39, 0.29) is 6.03 Å². The van der Waals surface area contributed by atoms with Crippen molar-refractivity contribution in [2.45, 2.75) is 19.4 Å². The van der Waals surface area contributed by atoms with Crippen LogP contribution in [0.15, 0.2) is 24.3 Å². The second kappa shape index (κ2) is 6.68. The van der Waals surface area contributed by atoms with Gasteiger partial charge in [-0.15, -0.1) is 0 Å². The van der Waals surface area contributed by atoms with Gasteiger partial charge < -0.3 is 19.9 Å². The summed E-state index contributed by atoms with van der Waals surface area (Å²) in [6.45, 7) is 6.22. The first-order chi connectivity index (χ1) is 10.5. The van der Waals surface area contributed by atoms with Crippen molar-refractivity contribution in [3.63, 3.8) is 0 Å². The number of piperazine rings is 1. The molecule has 120 valence electrons. The fraction of sp³-hybridized carbons (Fsp3) is 0.500. The normalized spacial score (nSPS) is 15.4. The summed E-state index contributed by atoms with van der Waals surface area (Å²) >= 11 is 0. The fourth-order valence-electron chi connectivity index (χ4n) is 2.46. The van der Waals surface area contributed by atoms with Crippen LogP contribution in [-0.4, -0.2) is 55.5 Å². The lowest BCUT2D eigenvalue weighted by Crippen LogP contribution is -2.54. The molecule has 0 atom stereocenters. The summed E-state index contributed by atoms with van der Waals surface area (Å²) in [6.07, 6.45) is 0.830. The van der Waals surface area contributed by atoms with Crippen LogP contribution in [0.3, 0.4) is 0 Å². The molecular formula is C16H23N3O3. The number of carbonyl (C=O) groups is 2. The number of hydrogen-bond acceptors (Lipinski definition) is 3. The van der Waals surface area contributed by atoms with E-state index >= 15 is 0 Å². The molecule has 1 saturated heterocycles. The molecule has 0 bridgehead atoms. The molecule has 0 radical (unpaired) electrons. The summed E-state index contributed by atoms with van der Waals surface area (Å²) < 4.78 is 5.15. The van der Waals surface area contributed by atoms with E-state index in [0.29, 0.717) is 26.2 Å². The van der Waals surface area contributed by atoms with E-state index in [0.717, 1.165) is 17.7 Å². The van der Waals surface area contributed by atoms with Gasteiger partial charge in [-0.1, -0.05) is 12.1 Å². The van der Waals surface area contributed by atoms with E-state index in [2.05, 4.69) is 5.32 Å². The lowest BCUT2D eigenvalue weighted by molar-refractivity contribution is -0.119. The zero-order valence-electron chi connectivity index (χ0n) is 13.3. The summed E-state index contributed by atoms with van der Waals surface area (Å²) in [6, 6.07) is 7.55. The SMILES string of the molecule is COc1ccc(C(C)(C)NC(=O)N2CCN(C=O)CC2)cc1. The molecule has 1 aromatic rings. The number of methoxy groups -OCH3 is 1. The third-order valence-corrected chi connectivity index (χ3v) is 3.98. The molecule has 6 heteroatoms. The zero-order chi connectivity index (χ0) is 16.2. The molecule has 0 unspecified atom stereocenters. The molecule has 1 N–H and O–H groups in total. The van der Waals surface area contributed by atoms with E-state index in [1.807, 2.05) is 38.1 Å². The van der Waals surface area contributed by atoms with Crippen LogP contribution in [0, 0.1) is 0 Å². The third kappa shape index (κ3) is 3.69. The Balaban J connectivity index is 1.98. The monoisotopic (exact) mass is 305 g/mol. The van der Waals surface area contributed by atoms with E-state index in [1.54, 1.807) is 16.9 Å². The Morgan fingerprint density at radius 2 is 1.77 bits per heavy atom. The number of rotatable bonds is 4. The highest BCUT2D eigenvalue weighted by atomic mass is 16.5. The molecule has 1 heterocycles. The maximum absolute atomic E-state index is 12.4. The van der Waals surface area contributed by atoms with Gasteiger partial charge >= 0.3 is 6.03 Å². The molecule has 6 nitrogen and oxygen atoms in total. The van der Waals surface area contributed by atoms with Crippen LogP contribution in [0.4, 0.5) is 4.79 Å². The Morgan fingerprint density at radius 3 is 2.27 bits per heavy atom. The molecule has 1 aliphatic rings. The highest BCUT2D eigenvalue weighted by Gasteiger charge is 2.27. The lowest BCUT2D eigenvalue weighted by Gasteiger charge is -2.36. The topological polar surface area (TPSA) is 61.9 Å². The molecule has 2 rings (SSSR count). The van der Waals surface area contributed by atoms with Crippen LogP contribution in [-0.2, 0) is 10.3 Å². The van der Waals surface area contributed by atoms with Crippen LogP contribution in [0.25, 0.3) is 0 Å². The number of benzene rings is 1. The van der Waals surface area contributed by atoms with Crippen LogP contribution < -0.4 is 10.1 Å². The van der Waals surface area contributed by atoms with Crippen LogP contribution in [0.1, 0.15) is 19.4 Å². The van der Waals surface area contributed by atoms with Gasteiger partial charge in [0.15, 0.2) is 0 Å².